The van der Waals surface area contributed by atoms with Crippen molar-refractivity contribution in [3.8, 4) is 0 Å². The number of aliphatic imine (C=N–C) groups is 1. The van der Waals surface area contributed by atoms with Gasteiger partial charge in [0.05, 0.1) is 18.1 Å². The van der Waals surface area contributed by atoms with Gasteiger partial charge in [0.1, 0.15) is 0 Å². The molecule has 1 aliphatic heterocycles. The van der Waals surface area contributed by atoms with E-state index in [0.29, 0.717) is 12.1 Å². The molecule has 1 fully saturated rings. The third-order valence-electron chi connectivity index (χ3n) is 2.65. The second-order valence-electron chi connectivity index (χ2n) is 3.70. The molecule has 0 radical (unpaired) electrons. The second-order valence-corrected chi connectivity index (χ2v) is 4.66. The van der Waals surface area contributed by atoms with Crippen LogP contribution < -0.4 is 10.4 Å². The van der Waals surface area contributed by atoms with Gasteiger partial charge in [-0.05, 0) is 12.8 Å². The summed E-state index contributed by atoms with van der Waals surface area (Å²) in [5.74, 6) is -1.04. The number of amidine groups is 1. The normalized spacial score (nSPS) is 30.4. The highest BCUT2D eigenvalue weighted by molar-refractivity contribution is 8.14. The van der Waals surface area contributed by atoms with E-state index in [4.69, 9.17) is 0 Å². The van der Waals surface area contributed by atoms with Crippen LogP contribution in [0.5, 0.6) is 0 Å². The van der Waals surface area contributed by atoms with Crippen molar-refractivity contribution in [2.75, 3.05) is 5.75 Å². The molecule has 0 aromatic carbocycles. The molecule has 78 valence electrons. The average molecular weight is 213 g/mol. The molecule has 1 N–H and O–H groups in total. The fraction of sp³-hybridized carbons (Fsp3) is 0.778. The fourth-order valence-electron chi connectivity index (χ4n) is 1.99. The van der Waals surface area contributed by atoms with Gasteiger partial charge in [-0.3, -0.25) is 4.99 Å². The zero-order valence-electron chi connectivity index (χ0n) is 7.86. The van der Waals surface area contributed by atoms with Crippen LogP contribution in [-0.4, -0.2) is 29.0 Å². The first kappa shape index (κ1) is 9.83. The van der Waals surface area contributed by atoms with Gasteiger partial charge in [-0.25, -0.2) is 0 Å². The van der Waals surface area contributed by atoms with Gasteiger partial charge in [0, 0.05) is 5.75 Å². The van der Waals surface area contributed by atoms with Crippen molar-refractivity contribution in [2.24, 2.45) is 4.99 Å². The average Bonchev–Trinajstić information content (AvgIpc) is 2.57. The molecule has 2 atom stereocenters. The van der Waals surface area contributed by atoms with Crippen molar-refractivity contribution in [1.82, 2.24) is 5.32 Å². The number of nitrogens with one attached hydrogen (secondary N) is 1. The minimum Gasteiger partial charge on any atom is -0.549 e. The molecule has 5 heteroatoms. The van der Waals surface area contributed by atoms with Crippen LogP contribution in [0.4, 0.5) is 0 Å². The highest BCUT2D eigenvalue weighted by atomic mass is 32.2. The summed E-state index contributed by atoms with van der Waals surface area (Å²) in [6.45, 7) is 0. The van der Waals surface area contributed by atoms with Crippen molar-refractivity contribution in [3.63, 3.8) is 0 Å². The van der Waals surface area contributed by atoms with E-state index in [9.17, 15) is 9.90 Å². The number of rotatable bonds is 2. The minimum absolute atomic E-state index is 0.00866. The molecule has 0 bridgehead atoms. The predicted molar refractivity (Wildman–Crippen MR) is 54.1 cm³/mol. The molecule has 0 aromatic heterocycles. The van der Waals surface area contributed by atoms with E-state index in [0.717, 1.165) is 18.0 Å². The Bertz CT molecular complexity index is 268. The Kier molecular flexibility index (Phi) is 2.96. The van der Waals surface area contributed by atoms with E-state index >= 15 is 0 Å². The van der Waals surface area contributed by atoms with Crippen LogP contribution >= 0.6 is 11.8 Å². The summed E-state index contributed by atoms with van der Waals surface area (Å²) < 4.78 is 0. The maximum Gasteiger partial charge on any atom is 0.157 e. The van der Waals surface area contributed by atoms with Crippen LogP contribution in [0.3, 0.4) is 0 Å². The zero-order valence-corrected chi connectivity index (χ0v) is 8.68. The molecular formula is C9H13N2O2S-. The number of fused-ring (bicyclic) bond motifs is 1. The number of thioether (sulfide) groups is 1. The summed E-state index contributed by atoms with van der Waals surface area (Å²) >= 11 is 1.23. The van der Waals surface area contributed by atoms with Crippen molar-refractivity contribution in [1.29, 1.82) is 0 Å². The largest absolute Gasteiger partial charge is 0.549 e. The standard InChI is InChI=1S/C9H14N2O2S/c12-8(13)5-14-9-10-6-3-1-2-4-7(6)11-9/h6-7H,1-5H2,(H,10,11)(H,12,13)/p-1/t6-,7-/m1/s1. The Morgan fingerprint density at radius 2 is 2.36 bits per heavy atom. The van der Waals surface area contributed by atoms with Crippen LogP contribution in [-0.2, 0) is 4.79 Å². The SMILES string of the molecule is O=C([O-])CSC1=N[C@@H]2CCCC[C@H]2N1. The lowest BCUT2D eigenvalue weighted by Gasteiger charge is -2.23. The first-order chi connectivity index (χ1) is 6.75. The Morgan fingerprint density at radius 3 is 3.07 bits per heavy atom. The first-order valence-corrected chi connectivity index (χ1v) is 5.91. The maximum absolute atomic E-state index is 10.3. The lowest BCUT2D eigenvalue weighted by molar-refractivity contribution is -0.301. The molecule has 14 heavy (non-hydrogen) atoms. The number of hydrogen-bond donors (Lipinski definition) is 1. The lowest BCUT2D eigenvalue weighted by atomic mass is 9.92. The van der Waals surface area contributed by atoms with Crippen LogP contribution in [0.25, 0.3) is 0 Å². The van der Waals surface area contributed by atoms with Gasteiger partial charge < -0.3 is 15.2 Å². The predicted octanol–water partition coefficient (Wildman–Crippen LogP) is -0.260. The van der Waals surface area contributed by atoms with Crippen LogP contribution in [0.15, 0.2) is 4.99 Å². The molecular weight excluding hydrogens is 200 g/mol. The third kappa shape index (κ3) is 2.20. The van der Waals surface area contributed by atoms with E-state index in [2.05, 4.69) is 10.3 Å². The molecule has 1 aliphatic carbocycles. The summed E-state index contributed by atoms with van der Waals surface area (Å²) in [4.78, 5) is 14.7. The topological polar surface area (TPSA) is 64.5 Å². The first-order valence-electron chi connectivity index (χ1n) is 4.92. The number of aliphatic carboxylic acids is 1. The number of hydrogen-bond acceptors (Lipinski definition) is 5. The Hall–Kier alpha value is -0.710. The van der Waals surface area contributed by atoms with Crippen molar-refractivity contribution < 1.29 is 9.90 Å². The van der Waals surface area contributed by atoms with E-state index in [1.807, 2.05) is 0 Å². The van der Waals surface area contributed by atoms with Crippen LogP contribution in [0, 0.1) is 0 Å². The summed E-state index contributed by atoms with van der Waals surface area (Å²) in [5.41, 5.74) is 0. The smallest absolute Gasteiger partial charge is 0.157 e. The molecule has 0 saturated heterocycles. The highest BCUT2D eigenvalue weighted by Gasteiger charge is 2.30. The number of carboxylic acid groups (broad SMARTS) is 1. The second kappa shape index (κ2) is 4.21. The molecule has 4 nitrogen and oxygen atoms in total. The van der Waals surface area contributed by atoms with Gasteiger partial charge >= 0.3 is 0 Å². The number of carboxylic acids is 1. The summed E-state index contributed by atoms with van der Waals surface area (Å²) in [6.07, 6.45) is 4.78. The van der Waals surface area contributed by atoms with E-state index < -0.39 is 5.97 Å². The molecule has 2 aliphatic rings. The van der Waals surface area contributed by atoms with Crippen molar-refractivity contribution in [3.05, 3.63) is 0 Å². The molecule has 1 heterocycles. The number of nitrogens with zero attached hydrogens (tertiary/aromatic N) is 1. The van der Waals surface area contributed by atoms with Gasteiger partial charge in [0.2, 0.25) is 0 Å². The molecule has 2 rings (SSSR count). The van der Waals surface area contributed by atoms with Gasteiger partial charge in [0.15, 0.2) is 5.17 Å². The molecule has 0 unspecified atom stereocenters. The van der Waals surface area contributed by atoms with E-state index in [1.54, 1.807) is 0 Å². The maximum atomic E-state index is 10.3. The van der Waals surface area contributed by atoms with Gasteiger partial charge in [0.25, 0.3) is 0 Å². The highest BCUT2D eigenvalue weighted by Crippen LogP contribution is 2.26. The number of carbonyl (C=O) groups excluding carboxylic acids is 1. The lowest BCUT2D eigenvalue weighted by Crippen LogP contribution is -2.36. The van der Waals surface area contributed by atoms with Crippen molar-refractivity contribution in [2.45, 2.75) is 37.8 Å². The van der Waals surface area contributed by atoms with Crippen LogP contribution in [0.2, 0.25) is 0 Å². The molecule has 0 amide bonds. The van der Waals surface area contributed by atoms with E-state index in [-0.39, 0.29) is 5.75 Å². The number of carbonyl (C=O) groups is 1. The Labute approximate surface area is 87.2 Å². The fourth-order valence-corrected chi connectivity index (χ4v) is 2.69. The Balaban J connectivity index is 1.86. The van der Waals surface area contributed by atoms with E-state index in [1.165, 1.54) is 24.6 Å². The monoisotopic (exact) mass is 213 g/mol. The summed E-state index contributed by atoms with van der Waals surface area (Å²) in [5, 5.41) is 14.3. The third-order valence-corrected chi connectivity index (χ3v) is 3.52. The Morgan fingerprint density at radius 1 is 1.57 bits per heavy atom. The van der Waals surface area contributed by atoms with Crippen LogP contribution in [0.1, 0.15) is 25.7 Å². The summed E-state index contributed by atoms with van der Waals surface area (Å²) in [6, 6.07) is 0.834. The minimum atomic E-state index is -1.03. The quantitative estimate of drug-likeness (QED) is 0.686. The summed E-state index contributed by atoms with van der Waals surface area (Å²) in [7, 11) is 0. The van der Waals surface area contributed by atoms with Gasteiger partial charge in [-0.15, -0.1) is 0 Å². The van der Waals surface area contributed by atoms with Gasteiger partial charge in [-0.1, -0.05) is 24.6 Å². The van der Waals surface area contributed by atoms with Gasteiger partial charge in [-0.2, -0.15) is 0 Å². The van der Waals surface area contributed by atoms with Crippen molar-refractivity contribution >= 4 is 22.9 Å². The molecule has 0 spiro atoms. The molecule has 1 saturated carbocycles. The molecule has 0 aromatic rings. The zero-order chi connectivity index (χ0) is 9.97.